The highest BCUT2D eigenvalue weighted by molar-refractivity contribution is 6.19. The van der Waals surface area contributed by atoms with Gasteiger partial charge in [-0.1, -0.05) is 18.2 Å². The Balaban J connectivity index is 2.97. The number of allylic oxidation sites excluding steroid dienone is 1. The van der Waals surface area contributed by atoms with Gasteiger partial charge in [0.25, 0.3) is 0 Å². The van der Waals surface area contributed by atoms with Gasteiger partial charge in [0.05, 0.1) is 7.11 Å². The number of benzene rings is 1. The lowest BCUT2D eigenvalue weighted by atomic mass is 10.1. The summed E-state index contributed by atoms with van der Waals surface area (Å²) >= 11 is 5.56. The molecular weight excluding hydrogens is 184 g/mol. The van der Waals surface area contributed by atoms with Crippen LogP contribution >= 0.6 is 11.6 Å². The van der Waals surface area contributed by atoms with Crippen LogP contribution in [-0.2, 0) is 0 Å². The van der Waals surface area contributed by atoms with Gasteiger partial charge < -0.3 is 4.74 Å². The van der Waals surface area contributed by atoms with Gasteiger partial charge in [-0.2, -0.15) is 0 Å². The first kappa shape index (κ1) is 10.1. The number of alkyl halides is 1. The van der Waals surface area contributed by atoms with E-state index in [0.29, 0.717) is 5.88 Å². The molecule has 0 saturated carbocycles. The second-order valence-corrected chi connectivity index (χ2v) is 3.09. The van der Waals surface area contributed by atoms with E-state index in [1.807, 2.05) is 30.4 Å². The molecule has 0 heterocycles. The van der Waals surface area contributed by atoms with E-state index in [1.165, 1.54) is 5.56 Å². The van der Waals surface area contributed by atoms with Gasteiger partial charge in [-0.15, -0.1) is 11.6 Å². The third kappa shape index (κ3) is 2.78. The van der Waals surface area contributed by atoms with Gasteiger partial charge in [-0.3, -0.25) is 0 Å². The molecular formula is C11H13ClO. The zero-order valence-electron chi connectivity index (χ0n) is 7.88. The van der Waals surface area contributed by atoms with Gasteiger partial charge in [0.2, 0.25) is 0 Å². The quantitative estimate of drug-likeness (QED) is 0.675. The van der Waals surface area contributed by atoms with Gasteiger partial charge >= 0.3 is 0 Å². The molecule has 2 heteroatoms. The van der Waals surface area contributed by atoms with Crippen LogP contribution in [0.15, 0.2) is 24.3 Å². The maximum atomic E-state index is 5.56. The van der Waals surface area contributed by atoms with Crippen LogP contribution in [0, 0.1) is 6.92 Å². The lowest BCUT2D eigenvalue weighted by molar-refractivity contribution is 0.414. The fourth-order valence-corrected chi connectivity index (χ4v) is 1.19. The molecule has 1 nitrogen and oxygen atoms in total. The minimum Gasteiger partial charge on any atom is -0.497 e. The van der Waals surface area contributed by atoms with Crippen LogP contribution < -0.4 is 4.74 Å². The fraction of sp³-hybridized carbons (Fsp3) is 0.273. The van der Waals surface area contributed by atoms with Gasteiger partial charge in [-0.05, 0) is 30.2 Å². The molecule has 1 aromatic carbocycles. The smallest absolute Gasteiger partial charge is 0.119 e. The van der Waals surface area contributed by atoms with Crippen LogP contribution in [0.3, 0.4) is 0 Å². The second kappa shape index (κ2) is 4.93. The van der Waals surface area contributed by atoms with Crippen molar-refractivity contribution < 1.29 is 4.74 Å². The summed E-state index contributed by atoms with van der Waals surface area (Å²) in [5.41, 5.74) is 2.38. The van der Waals surface area contributed by atoms with Crippen LogP contribution in [0.4, 0.5) is 0 Å². The number of ether oxygens (including phenoxy) is 1. The van der Waals surface area contributed by atoms with Gasteiger partial charge in [0.1, 0.15) is 5.75 Å². The fourth-order valence-electron chi connectivity index (χ4n) is 1.10. The summed E-state index contributed by atoms with van der Waals surface area (Å²) in [7, 11) is 1.67. The molecule has 0 unspecified atom stereocenters. The molecule has 0 fully saturated rings. The minimum atomic E-state index is 0.538. The summed E-state index contributed by atoms with van der Waals surface area (Å²) in [4.78, 5) is 0. The number of aryl methyl sites for hydroxylation is 1. The Labute approximate surface area is 84.0 Å². The molecule has 1 aromatic rings. The number of hydrogen-bond donors (Lipinski definition) is 0. The van der Waals surface area contributed by atoms with E-state index in [2.05, 4.69) is 6.92 Å². The maximum absolute atomic E-state index is 5.56. The lowest BCUT2D eigenvalue weighted by Gasteiger charge is -2.03. The first-order chi connectivity index (χ1) is 6.27. The molecule has 0 aromatic heterocycles. The monoisotopic (exact) mass is 196 g/mol. The van der Waals surface area contributed by atoms with Crippen molar-refractivity contribution in [1.29, 1.82) is 0 Å². The Hall–Kier alpha value is -0.950. The first-order valence-electron chi connectivity index (χ1n) is 4.15. The molecule has 0 aliphatic carbocycles. The zero-order valence-corrected chi connectivity index (χ0v) is 8.64. The van der Waals surface area contributed by atoms with Crippen LogP contribution in [0.2, 0.25) is 0 Å². The minimum absolute atomic E-state index is 0.538. The van der Waals surface area contributed by atoms with Crippen molar-refractivity contribution in [2.75, 3.05) is 13.0 Å². The van der Waals surface area contributed by atoms with E-state index in [1.54, 1.807) is 7.11 Å². The highest BCUT2D eigenvalue weighted by Crippen LogP contribution is 2.18. The third-order valence-electron chi connectivity index (χ3n) is 1.87. The molecule has 0 aliphatic heterocycles. The molecule has 0 N–H and O–H groups in total. The Bertz CT molecular complexity index is 305. The van der Waals surface area contributed by atoms with Crippen molar-refractivity contribution >= 4 is 17.7 Å². The van der Waals surface area contributed by atoms with Crippen molar-refractivity contribution in [3.8, 4) is 5.75 Å². The molecule has 1 rings (SSSR count). The summed E-state index contributed by atoms with van der Waals surface area (Å²) in [5.74, 6) is 1.41. The number of hydrogen-bond acceptors (Lipinski definition) is 1. The normalized spacial score (nSPS) is 10.7. The van der Waals surface area contributed by atoms with E-state index < -0.39 is 0 Å². The average molecular weight is 197 g/mol. The molecule has 0 atom stereocenters. The molecule has 13 heavy (non-hydrogen) atoms. The molecule has 0 spiro atoms. The van der Waals surface area contributed by atoms with Gasteiger partial charge in [-0.25, -0.2) is 0 Å². The third-order valence-corrected chi connectivity index (χ3v) is 2.05. The zero-order chi connectivity index (χ0) is 9.68. The molecule has 0 saturated heterocycles. The van der Waals surface area contributed by atoms with Gasteiger partial charge in [0.15, 0.2) is 0 Å². The van der Waals surface area contributed by atoms with Crippen LogP contribution in [0.1, 0.15) is 11.1 Å². The highest BCUT2D eigenvalue weighted by atomic mass is 35.5. The van der Waals surface area contributed by atoms with Crippen molar-refractivity contribution in [2.24, 2.45) is 0 Å². The van der Waals surface area contributed by atoms with Crippen LogP contribution in [0.5, 0.6) is 5.75 Å². The second-order valence-electron chi connectivity index (χ2n) is 2.78. The SMILES string of the molecule is COc1ccc(C)c(C=CCCl)c1. The first-order valence-corrected chi connectivity index (χ1v) is 4.68. The number of methoxy groups -OCH3 is 1. The Kier molecular flexibility index (Phi) is 3.84. The van der Waals surface area contributed by atoms with Crippen molar-refractivity contribution in [2.45, 2.75) is 6.92 Å². The number of halogens is 1. The van der Waals surface area contributed by atoms with Crippen molar-refractivity contribution in [3.63, 3.8) is 0 Å². The van der Waals surface area contributed by atoms with E-state index in [-0.39, 0.29) is 0 Å². The molecule has 0 radical (unpaired) electrons. The summed E-state index contributed by atoms with van der Waals surface area (Å²) in [6, 6.07) is 5.98. The Morgan fingerprint density at radius 3 is 2.85 bits per heavy atom. The van der Waals surface area contributed by atoms with E-state index in [9.17, 15) is 0 Å². The van der Waals surface area contributed by atoms with E-state index in [4.69, 9.17) is 16.3 Å². The summed E-state index contributed by atoms with van der Waals surface area (Å²) in [6.45, 7) is 2.06. The van der Waals surface area contributed by atoms with E-state index >= 15 is 0 Å². The Morgan fingerprint density at radius 2 is 2.23 bits per heavy atom. The van der Waals surface area contributed by atoms with Crippen molar-refractivity contribution in [3.05, 3.63) is 35.4 Å². The summed E-state index contributed by atoms with van der Waals surface area (Å²) in [5, 5.41) is 0. The van der Waals surface area contributed by atoms with E-state index in [0.717, 1.165) is 11.3 Å². The largest absolute Gasteiger partial charge is 0.497 e. The molecule has 0 aliphatic rings. The molecule has 70 valence electrons. The number of rotatable bonds is 3. The topological polar surface area (TPSA) is 9.23 Å². The van der Waals surface area contributed by atoms with Crippen LogP contribution in [-0.4, -0.2) is 13.0 Å². The average Bonchev–Trinajstić information content (AvgIpc) is 2.17. The molecule has 0 bridgehead atoms. The van der Waals surface area contributed by atoms with Crippen LogP contribution in [0.25, 0.3) is 6.08 Å². The van der Waals surface area contributed by atoms with Gasteiger partial charge in [0, 0.05) is 5.88 Å². The summed E-state index contributed by atoms with van der Waals surface area (Å²) in [6.07, 6.45) is 3.92. The highest BCUT2D eigenvalue weighted by Gasteiger charge is 1.96. The molecule has 0 amide bonds. The maximum Gasteiger partial charge on any atom is 0.119 e. The summed E-state index contributed by atoms with van der Waals surface area (Å²) < 4.78 is 5.12. The van der Waals surface area contributed by atoms with Crippen molar-refractivity contribution in [1.82, 2.24) is 0 Å². The lowest BCUT2D eigenvalue weighted by Crippen LogP contribution is -1.85. The predicted octanol–water partition coefficient (Wildman–Crippen LogP) is 3.26. The predicted molar refractivity (Wildman–Crippen MR) is 57.5 cm³/mol. The Morgan fingerprint density at radius 1 is 1.46 bits per heavy atom. The standard InChI is InChI=1S/C11H13ClO/c1-9-5-6-11(13-2)8-10(9)4-3-7-12/h3-6,8H,7H2,1-2H3.